The van der Waals surface area contributed by atoms with Gasteiger partial charge in [0.1, 0.15) is 0 Å². The van der Waals surface area contributed by atoms with Gasteiger partial charge in [-0.1, -0.05) is 48.5 Å². The summed E-state index contributed by atoms with van der Waals surface area (Å²) in [5.41, 5.74) is 0.591. The average molecular weight is 410 g/mol. The van der Waals surface area contributed by atoms with Crippen molar-refractivity contribution in [1.29, 1.82) is 0 Å². The molecule has 0 aliphatic heterocycles. The molecule has 8 heteroatoms. The summed E-state index contributed by atoms with van der Waals surface area (Å²) in [4.78, 5) is 8.27. The molecule has 0 saturated heterocycles. The van der Waals surface area contributed by atoms with E-state index in [0.717, 1.165) is 0 Å². The van der Waals surface area contributed by atoms with E-state index >= 15 is 0 Å². The fraction of sp³-hybridized carbons (Fsp3) is 0. The van der Waals surface area contributed by atoms with Crippen LogP contribution in [-0.2, 0) is 19.7 Å². The molecule has 0 aliphatic rings. The molecule has 1 aromatic heterocycles. The highest BCUT2D eigenvalue weighted by Gasteiger charge is 2.33. The molecule has 4 rings (SSSR count). The lowest BCUT2D eigenvalue weighted by atomic mass is 10.3. The zero-order valence-corrected chi connectivity index (χ0v) is 16.1. The molecule has 0 aliphatic carbocycles. The van der Waals surface area contributed by atoms with Crippen LogP contribution < -0.4 is 0 Å². The number of rotatable bonds is 4. The van der Waals surface area contributed by atoms with E-state index in [1.54, 1.807) is 60.7 Å². The summed E-state index contributed by atoms with van der Waals surface area (Å²) in [5.74, 6) is 0. The van der Waals surface area contributed by atoms with Gasteiger partial charge in [-0.25, -0.2) is 26.8 Å². The third-order valence-corrected chi connectivity index (χ3v) is 7.63. The highest BCUT2D eigenvalue weighted by molar-refractivity contribution is 7.94. The van der Waals surface area contributed by atoms with Gasteiger partial charge >= 0.3 is 0 Å². The number of aromatic nitrogens is 2. The maximum Gasteiger partial charge on any atom is 0.226 e. The van der Waals surface area contributed by atoms with E-state index in [1.165, 1.54) is 24.3 Å². The van der Waals surface area contributed by atoms with Crippen LogP contribution in [0.25, 0.3) is 11.0 Å². The molecule has 0 fully saturated rings. The summed E-state index contributed by atoms with van der Waals surface area (Å²) in [5, 5.41) is -1.16. The van der Waals surface area contributed by atoms with Gasteiger partial charge in [-0.2, -0.15) is 0 Å². The minimum Gasteiger partial charge on any atom is -0.231 e. The van der Waals surface area contributed by atoms with Gasteiger partial charge in [-0.3, -0.25) is 0 Å². The lowest BCUT2D eigenvalue weighted by Gasteiger charge is -2.11. The van der Waals surface area contributed by atoms with Gasteiger partial charge in [0.25, 0.3) is 0 Å². The first-order valence-electron chi connectivity index (χ1n) is 8.28. The van der Waals surface area contributed by atoms with Gasteiger partial charge in [-0.05, 0) is 36.4 Å². The normalized spacial score (nSPS) is 12.1. The Morgan fingerprint density at radius 2 is 0.786 bits per heavy atom. The highest BCUT2D eigenvalue weighted by atomic mass is 32.2. The zero-order chi connectivity index (χ0) is 19.8. The van der Waals surface area contributed by atoms with Crippen molar-refractivity contribution >= 4 is 30.7 Å². The number of hydrogen-bond donors (Lipinski definition) is 0. The number of hydrogen-bond acceptors (Lipinski definition) is 6. The summed E-state index contributed by atoms with van der Waals surface area (Å²) in [6.45, 7) is 0. The Morgan fingerprint density at radius 3 is 1.14 bits per heavy atom. The van der Waals surface area contributed by atoms with E-state index < -0.39 is 29.7 Å². The van der Waals surface area contributed by atoms with Crippen molar-refractivity contribution in [2.75, 3.05) is 0 Å². The minimum atomic E-state index is -4.21. The molecule has 0 amide bonds. The van der Waals surface area contributed by atoms with Crippen LogP contribution in [0.2, 0.25) is 0 Å². The van der Waals surface area contributed by atoms with E-state index in [9.17, 15) is 16.8 Å². The zero-order valence-electron chi connectivity index (χ0n) is 14.4. The Hall–Kier alpha value is -3.10. The first-order chi connectivity index (χ1) is 13.4. The lowest BCUT2D eigenvalue weighted by Crippen LogP contribution is -2.15. The van der Waals surface area contributed by atoms with E-state index in [0.29, 0.717) is 11.0 Å². The number of benzene rings is 3. The highest BCUT2D eigenvalue weighted by Crippen LogP contribution is 2.30. The first-order valence-corrected chi connectivity index (χ1v) is 11.2. The van der Waals surface area contributed by atoms with Crippen LogP contribution in [0, 0.1) is 0 Å². The van der Waals surface area contributed by atoms with Crippen LogP contribution in [0.5, 0.6) is 0 Å². The monoisotopic (exact) mass is 410 g/mol. The topological polar surface area (TPSA) is 94.1 Å². The van der Waals surface area contributed by atoms with Gasteiger partial charge in [0.05, 0.1) is 20.8 Å². The molecule has 0 bridgehead atoms. The molecule has 0 spiro atoms. The quantitative estimate of drug-likeness (QED) is 0.512. The van der Waals surface area contributed by atoms with Gasteiger partial charge in [-0.15, -0.1) is 0 Å². The second-order valence-corrected chi connectivity index (χ2v) is 9.69. The molecule has 0 unspecified atom stereocenters. The van der Waals surface area contributed by atoms with Crippen molar-refractivity contribution < 1.29 is 16.8 Å². The molecule has 6 nitrogen and oxygen atoms in total. The van der Waals surface area contributed by atoms with Gasteiger partial charge in [0.2, 0.25) is 19.7 Å². The first kappa shape index (κ1) is 18.3. The molecule has 0 radical (unpaired) electrons. The maximum absolute atomic E-state index is 13.2. The molecule has 0 saturated carbocycles. The summed E-state index contributed by atoms with van der Waals surface area (Å²) in [7, 11) is -8.41. The Kier molecular flexibility index (Phi) is 4.44. The standard InChI is InChI=1S/C20H14N2O4S2/c23-27(24,15-9-3-1-4-10-15)19-20(22-18-14-8-7-13-17(18)21-19)28(25,26)16-11-5-2-6-12-16/h1-14H. The fourth-order valence-electron chi connectivity index (χ4n) is 2.74. The second-order valence-electron chi connectivity index (χ2n) is 5.96. The Labute approximate surface area is 162 Å². The lowest BCUT2D eigenvalue weighted by molar-refractivity contribution is 0.573. The van der Waals surface area contributed by atoms with Crippen LogP contribution in [0.3, 0.4) is 0 Å². The largest absolute Gasteiger partial charge is 0.231 e. The van der Waals surface area contributed by atoms with Crippen LogP contribution >= 0.6 is 0 Å². The molecule has 140 valence electrons. The third kappa shape index (κ3) is 3.06. The molecule has 0 N–H and O–H groups in total. The van der Waals surface area contributed by atoms with Gasteiger partial charge < -0.3 is 0 Å². The fourth-order valence-corrected chi connectivity index (χ4v) is 5.86. The summed E-state index contributed by atoms with van der Waals surface area (Å²) in [6, 6.07) is 21.7. The Morgan fingerprint density at radius 1 is 0.464 bits per heavy atom. The third-order valence-electron chi connectivity index (χ3n) is 4.12. The number of sulfone groups is 2. The van der Waals surface area contributed by atoms with Crippen molar-refractivity contribution in [3.8, 4) is 0 Å². The Bertz CT molecular complexity index is 1260. The molecule has 1 heterocycles. The van der Waals surface area contributed by atoms with Crippen LogP contribution in [-0.4, -0.2) is 26.8 Å². The van der Waals surface area contributed by atoms with Crippen LogP contribution in [0.15, 0.2) is 105 Å². The van der Waals surface area contributed by atoms with Crippen molar-refractivity contribution in [1.82, 2.24) is 9.97 Å². The molecular formula is C20H14N2O4S2. The van der Waals surface area contributed by atoms with Crippen molar-refractivity contribution in [2.45, 2.75) is 19.8 Å². The predicted octanol–water partition coefficient (Wildman–Crippen LogP) is 3.30. The summed E-state index contributed by atoms with van der Waals surface area (Å²) in [6.07, 6.45) is 0. The molecule has 3 aromatic carbocycles. The van der Waals surface area contributed by atoms with Crippen LogP contribution in [0.4, 0.5) is 0 Å². The summed E-state index contributed by atoms with van der Waals surface area (Å²) < 4.78 is 52.8. The Balaban J connectivity index is 2.08. The van der Waals surface area contributed by atoms with Gasteiger partial charge in [0, 0.05) is 0 Å². The van der Waals surface area contributed by atoms with Crippen molar-refractivity contribution in [3.05, 3.63) is 84.9 Å². The number of nitrogens with zero attached hydrogens (tertiary/aromatic N) is 2. The van der Waals surface area contributed by atoms with E-state index in [-0.39, 0.29) is 9.79 Å². The van der Waals surface area contributed by atoms with Crippen LogP contribution in [0.1, 0.15) is 0 Å². The molecule has 0 atom stereocenters. The SMILES string of the molecule is O=S(=O)(c1ccccc1)c1nc2ccccc2nc1S(=O)(=O)c1ccccc1. The molecule has 28 heavy (non-hydrogen) atoms. The summed E-state index contributed by atoms with van der Waals surface area (Å²) >= 11 is 0. The number of para-hydroxylation sites is 2. The number of fused-ring (bicyclic) bond motifs is 1. The van der Waals surface area contributed by atoms with Crippen molar-refractivity contribution in [2.24, 2.45) is 0 Å². The van der Waals surface area contributed by atoms with Crippen molar-refractivity contribution in [3.63, 3.8) is 0 Å². The van der Waals surface area contributed by atoms with E-state index in [4.69, 9.17) is 0 Å². The van der Waals surface area contributed by atoms with E-state index in [2.05, 4.69) is 9.97 Å². The molecular weight excluding hydrogens is 396 g/mol. The maximum atomic E-state index is 13.2. The van der Waals surface area contributed by atoms with E-state index in [1.807, 2.05) is 0 Å². The predicted molar refractivity (Wildman–Crippen MR) is 103 cm³/mol. The van der Waals surface area contributed by atoms with Gasteiger partial charge in [0.15, 0.2) is 10.1 Å². The smallest absolute Gasteiger partial charge is 0.226 e. The molecule has 4 aromatic rings. The average Bonchev–Trinajstić information content (AvgIpc) is 2.74. The second kappa shape index (κ2) is 6.81. The minimum absolute atomic E-state index is 0.0518.